The average Bonchev–Trinajstić information content (AvgIpc) is 3.71. The van der Waals surface area contributed by atoms with Gasteiger partial charge < -0.3 is 14.4 Å². The summed E-state index contributed by atoms with van der Waals surface area (Å²) in [5, 5.41) is 9.11. The number of halogens is 2. The molecule has 0 unspecified atom stereocenters. The van der Waals surface area contributed by atoms with Crippen LogP contribution in [-0.4, -0.2) is 40.2 Å². The smallest absolute Gasteiger partial charge is 0.335 e. The lowest BCUT2D eigenvalue weighted by molar-refractivity contribution is 0.0696. The molecule has 0 amide bonds. The van der Waals surface area contributed by atoms with Gasteiger partial charge in [0.2, 0.25) is 0 Å². The Bertz CT molecular complexity index is 1370. The van der Waals surface area contributed by atoms with Gasteiger partial charge in [-0.05, 0) is 80.0 Å². The van der Waals surface area contributed by atoms with Gasteiger partial charge in [0.1, 0.15) is 17.4 Å². The second kappa shape index (κ2) is 10.5. The minimum atomic E-state index is -1.11. The van der Waals surface area contributed by atoms with E-state index in [1.54, 1.807) is 10.8 Å². The van der Waals surface area contributed by atoms with Crippen LogP contribution in [0.1, 0.15) is 66.1 Å². The minimum Gasteiger partial charge on any atom is -0.494 e. The van der Waals surface area contributed by atoms with E-state index in [9.17, 15) is 18.4 Å². The topological polar surface area (TPSA) is 71.8 Å². The number of rotatable bonds is 8. The van der Waals surface area contributed by atoms with Crippen molar-refractivity contribution in [3.05, 3.63) is 87.3 Å². The van der Waals surface area contributed by atoms with Crippen LogP contribution in [0.5, 0.6) is 5.75 Å². The summed E-state index contributed by atoms with van der Waals surface area (Å²) in [6.07, 6.45) is 5.21. The third-order valence-corrected chi connectivity index (χ3v) is 7.31. The van der Waals surface area contributed by atoms with Crippen molar-refractivity contribution in [2.45, 2.75) is 51.1 Å². The molecule has 2 aromatic carbocycles. The van der Waals surface area contributed by atoms with Crippen molar-refractivity contribution >= 4 is 5.97 Å². The molecule has 37 heavy (non-hydrogen) atoms. The van der Waals surface area contributed by atoms with Crippen molar-refractivity contribution < 1.29 is 23.4 Å². The van der Waals surface area contributed by atoms with Gasteiger partial charge in [0, 0.05) is 55.1 Å². The van der Waals surface area contributed by atoms with E-state index >= 15 is 0 Å². The number of carboxylic acids is 1. The molecule has 1 saturated heterocycles. The van der Waals surface area contributed by atoms with Gasteiger partial charge in [0.15, 0.2) is 0 Å². The fourth-order valence-corrected chi connectivity index (χ4v) is 5.25. The molecule has 0 radical (unpaired) electrons. The number of carboxylic acid groups (broad SMARTS) is 1. The van der Waals surface area contributed by atoms with Crippen LogP contribution in [0.4, 0.5) is 8.78 Å². The summed E-state index contributed by atoms with van der Waals surface area (Å²) in [5.41, 5.74) is 2.96. The molecule has 1 saturated carbocycles. The third-order valence-electron chi connectivity index (χ3n) is 7.31. The lowest BCUT2D eigenvalue weighted by Gasteiger charge is -2.33. The zero-order chi connectivity index (χ0) is 26.1. The number of aromatic nitrogens is 1. The molecular weight excluding hydrogens is 478 g/mol. The van der Waals surface area contributed by atoms with E-state index in [0.717, 1.165) is 61.5 Å². The fourth-order valence-electron chi connectivity index (χ4n) is 5.25. The van der Waals surface area contributed by atoms with Crippen molar-refractivity contribution in [2.24, 2.45) is 0 Å². The van der Waals surface area contributed by atoms with Gasteiger partial charge in [-0.15, -0.1) is 0 Å². The number of aromatic carboxylic acids is 1. The molecule has 0 spiro atoms. The predicted octanol–water partition coefficient (Wildman–Crippen LogP) is 5.60. The summed E-state index contributed by atoms with van der Waals surface area (Å²) in [6, 6.07) is 10.4. The summed E-state index contributed by atoms with van der Waals surface area (Å²) in [5.74, 6) is -1.22. The van der Waals surface area contributed by atoms with Crippen LogP contribution in [-0.2, 0) is 6.54 Å². The van der Waals surface area contributed by atoms with Crippen LogP contribution < -0.4 is 10.3 Å². The van der Waals surface area contributed by atoms with Gasteiger partial charge in [-0.2, -0.15) is 0 Å². The molecule has 0 atom stereocenters. The number of benzene rings is 2. The molecule has 0 bridgehead atoms. The van der Waals surface area contributed by atoms with Crippen LogP contribution in [0.2, 0.25) is 0 Å². The van der Waals surface area contributed by atoms with Crippen molar-refractivity contribution in [3.63, 3.8) is 0 Å². The fraction of sp³-hybridized carbons (Fsp3) is 0.379. The molecule has 1 N–H and O–H groups in total. The third kappa shape index (κ3) is 5.44. The second-order valence-electron chi connectivity index (χ2n) is 9.85. The number of ether oxygens (including phenoxy) is 1. The monoisotopic (exact) mass is 508 g/mol. The molecule has 1 aliphatic heterocycles. The molecule has 2 heterocycles. The molecule has 8 heteroatoms. The summed E-state index contributed by atoms with van der Waals surface area (Å²) in [6.45, 7) is 4.60. The van der Waals surface area contributed by atoms with Crippen LogP contribution in [0, 0.1) is 11.6 Å². The molecule has 194 valence electrons. The second-order valence-corrected chi connectivity index (χ2v) is 9.85. The maximum atomic E-state index is 14.7. The molecular formula is C29H30F2N2O4. The number of pyridine rings is 1. The van der Waals surface area contributed by atoms with E-state index < -0.39 is 17.6 Å². The van der Waals surface area contributed by atoms with Crippen molar-refractivity contribution in [2.75, 3.05) is 19.7 Å². The molecule has 5 rings (SSSR count). The highest BCUT2D eigenvalue weighted by Gasteiger charge is 2.30. The number of hydrogen-bond donors (Lipinski definition) is 1. The Morgan fingerprint density at radius 1 is 1.03 bits per heavy atom. The SMILES string of the molecule is CCOc1cc(-c2ccc(F)cc2F)c(C2CC2)cc1CN1CCC(n2ccc(C(=O)O)cc2=O)CC1. The molecule has 1 aliphatic carbocycles. The first-order chi connectivity index (χ1) is 17.8. The first-order valence-corrected chi connectivity index (χ1v) is 12.8. The van der Waals surface area contributed by atoms with E-state index in [-0.39, 0.29) is 17.2 Å². The highest BCUT2D eigenvalue weighted by atomic mass is 19.1. The Labute approximate surface area is 214 Å². The predicted molar refractivity (Wildman–Crippen MR) is 136 cm³/mol. The quantitative estimate of drug-likeness (QED) is 0.429. The number of carbonyl (C=O) groups is 1. The molecule has 1 aromatic heterocycles. The Morgan fingerprint density at radius 2 is 1.78 bits per heavy atom. The summed E-state index contributed by atoms with van der Waals surface area (Å²) in [4.78, 5) is 25.9. The zero-order valence-corrected chi connectivity index (χ0v) is 20.8. The maximum Gasteiger partial charge on any atom is 0.335 e. The molecule has 2 aliphatic rings. The maximum absolute atomic E-state index is 14.7. The highest BCUT2D eigenvalue weighted by molar-refractivity contribution is 5.87. The molecule has 6 nitrogen and oxygen atoms in total. The number of nitrogens with zero attached hydrogens (tertiary/aromatic N) is 2. The lowest BCUT2D eigenvalue weighted by Crippen LogP contribution is -2.37. The first-order valence-electron chi connectivity index (χ1n) is 12.8. The van der Waals surface area contributed by atoms with Gasteiger partial charge in [0.25, 0.3) is 5.56 Å². The zero-order valence-electron chi connectivity index (χ0n) is 20.8. The number of piperidine rings is 1. The van der Waals surface area contributed by atoms with Gasteiger partial charge in [0.05, 0.1) is 12.2 Å². The first kappa shape index (κ1) is 25.1. The Kier molecular flexibility index (Phi) is 7.11. The summed E-state index contributed by atoms with van der Waals surface area (Å²) >= 11 is 0. The number of likely N-dealkylation sites (tertiary alicyclic amines) is 1. The van der Waals surface area contributed by atoms with Gasteiger partial charge in [-0.25, -0.2) is 13.6 Å². The summed E-state index contributed by atoms with van der Waals surface area (Å²) in [7, 11) is 0. The molecule has 3 aromatic rings. The normalized spacial score (nSPS) is 16.6. The lowest BCUT2D eigenvalue weighted by atomic mass is 9.93. The van der Waals surface area contributed by atoms with E-state index in [4.69, 9.17) is 9.84 Å². The number of hydrogen-bond acceptors (Lipinski definition) is 4. The van der Waals surface area contributed by atoms with Crippen LogP contribution >= 0.6 is 0 Å². The van der Waals surface area contributed by atoms with Gasteiger partial charge in [-0.1, -0.05) is 0 Å². The Hall–Kier alpha value is -3.52. The highest BCUT2D eigenvalue weighted by Crippen LogP contribution is 2.47. The van der Waals surface area contributed by atoms with Crippen LogP contribution in [0.15, 0.2) is 53.5 Å². The van der Waals surface area contributed by atoms with Gasteiger partial charge in [-0.3, -0.25) is 9.69 Å². The van der Waals surface area contributed by atoms with Crippen molar-refractivity contribution in [1.29, 1.82) is 0 Å². The standard InChI is InChI=1S/C29H30F2N2O4/c1-2-37-27-16-25(23-6-5-21(30)15-26(23)31)24(18-3-4-18)13-20(27)17-32-10-8-22(9-11-32)33-12-7-19(29(35)36)14-28(33)34/h5-7,12-16,18,22H,2-4,8-11,17H2,1H3,(H,35,36). The van der Waals surface area contributed by atoms with E-state index in [2.05, 4.69) is 11.0 Å². The van der Waals surface area contributed by atoms with Crippen molar-refractivity contribution in [3.8, 4) is 16.9 Å². The van der Waals surface area contributed by atoms with Gasteiger partial charge >= 0.3 is 5.97 Å². The van der Waals surface area contributed by atoms with Crippen LogP contribution in [0.3, 0.4) is 0 Å². The van der Waals surface area contributed by atoms with Crippen LogP contribution in [0.25, 0.3) is 11.1 Å². The van der Waals surface area contributed by atoms with E-state index in [0.29, 0.717) is 30.4 Å². The van der Waals surface area contributed by atoms with E-state index in [1.807, 2.05) is 13.0 Å². The minimum absolute atomic E-state index is 0.00225. The Morgan fingerprint density at radius 3 is 2.41 bits per heavy atom. The Balaban J connectivity index is 1.36. The summed E-state index contributed by atoms with van der Waals surface area (Å²) < 4.78 is 35.9. The average molecular weight is 509 g/mol. The largest absolute Gasteiger partial charge is 0.494 e. The van der Waals surface area contributed by atoms with E-state index in [1.165, 1.54) is 24.3 Å². The molecule has 2 fully saturated rings. The van der Waals surface area contributed by atoms with Crippen molar-refractivity contribution in [1.82, 2.24) is 9.47 Å².